The monoisotopic (exact) mass is 433 g/mol. The molecule has 3 aromatic carbocycles. The van der Waals surface area contributed by atoms with Gasteiger partial charge in [0.2, 0.25) is 0 Å². The predicted molar refractivity (Wildman–Crippen MR) is 122 cm³/mol. The Balaban J connectivity index is 1.54. The lowest BCUT2D eigenvalue weighted by molar-refractivity contribution is -0.118. The number of halogens is 1. The zero-order valence-corrected chi connectivity index (χ0v) is 17.8. The van der Waals surface area contributed by atoms with E-state index in [0.29, 0.717) is 38.9 Å². The van der Waals surface area contributed by atoms with Crippen molar-refractivity contribution >= 4 is 34.1 Å². The van der Waals surface area contributed by atoms with Gasteiger partial charge in [0.1, 0.15) is 11.6 Å². The van der Waals surface area contributed by atoms with E-state index in [9.17, 15) is 9.59 Å². The summed E-state index contributed by atoms with van der Waals surface area (Å²) in [4.78, 5) is 29.8. The van der Waals surface area contributed by atoms with Crippen LogP contribution in [0, 0.1) is 13.8 Å². The minimum absolute atomic E-state index is 0.130. The van der Waals surface area contributed by atoms with Gasteiger partial charge in [-0.25, -0.2) is 4.98 Å². The number of aryl methyl sites for hydroxylation is 2. The van der Waals surface area contributed by atoms with E-state index in [1.54, 1.807) is 54.0 Å². The first-order chi connectivity index (χ1) is 14.9. The fraction of sp³-hybridized carbons (Fsp3) is 0.125. The fourth-order valence-electron chi connectivity index (χ4n) is 3.37. The Kier molecular flexibility index (Phi) is 5.73. The number of benzene rings is 3. The smallest absolute Gasteiger partial charge is 0.265 e. The van der Waals surface area contributed by atoms with E-state index in [1.807, 2.05) is 31.2 Å². The molecule has 4 rings (SSSR count). The van der Waals surface area contributed by atoms with E-state index in [-0.39, 0.29) is 18.1 Å². The second-order valence-electron chi connectivity index (χ2n) is 7.11. The average molecular weight is 434 g/mol. The number of nitrogens with zero attached hydrogens (tertiary/aromatic N) is 2. The van der Waals surface area contributed by atoms with Gasteiger partial charge in [0, 0.05) is 10.7 Å². The molecule has 0 atom stereocenters. The molecule has 6 nitrogen and oxygen atoms in total. The van der Waals surface area contributed by atoms with Crippen LogP contribution in [0.3, 0.4) is 0 Å². The zero-order chi connectivity index (χ0) is 22.0. The van der Waals surface area contributed by atoms with Crippen LogP contribution in [0.1, 0.15) is 11.4 Å². The van der Waals surface area contributed by atoms with Crippen molar-refractivity contribution in [3.63, 3.8) is 0 Å². The van der Waals surface area contributed by atoms with Gasteiger partial charge in [-0.05, 0) is 67.9 Å². The van der Waals surface area contributed by atoms with Crippen molar-refractivity contribution in [3.8, 4) is 11.4 Å². The summed E-state index contributed by atoms with van der Waals surface area (Å²) in [5, 5.41) is 3.93. The van der Waals surface area contributed by atoms with Gasteiger partial charge in [-0.1, -0.05) is 29.8 Å². The average Bonchev–Trinajstić information content (AvgIpc) is 2.74. The van der Waals surface area contributed by atoms with Crippen molar-refractivity contribution in [3.05, 3.63) is 93.5 Å². The maximum absolute atomic E-state index is 13.0. The molecule has 0 saturated carbocycles. The molecule has 31 heavy (non-hydrogen) atoms. The van der Waals surface area contributed by atoms with Crippen LogP contribution in [-0.4, -0.2) is 22.1 Å². The van der Waals surface area contributed by atoms with E-state index in [0.717, 1.165) is 5.56 Å². The second kappa shape index (κ2) is 8.62. The van der Waals surface area contributed by atoms with Crippen LogP contribution in [0.5, 0.6) is 5.75 Å². The van der Waals surface area contributed by atoms with E-state index >= 15 is 0 Å². The van der Waals surface area contributed by atoms with Crippen LogP contribution in [0.2, 0.25) is 5.02 Å². The maximum atomic E-state index is 13.0. The van der Waals surface area contributed by atoms with Crippen molar-refractivity contribution in [2.24, 2.45) is 0 Å². The molecular formula is C24H20ClN3O3. The largest absolute Gasteiger partial charge is 0.484 e. The quantitative estimate of drug-likeness (QED) is 0.496. The van der Waals surface area contributed by atoms with Crippen molar-refractivity contribution in [1.29, 1.82) is 0 Å². The van der Waals surface area contributed by atoms with Crippen LogP contribution in [0.25, 0.3) is 16.6 Å². The van der Waals surface area contributed by atoms with Gasteiger partial charge in [-0.3, -0.25) is 14.2 Å². The lowest BCUT2D eigenvalue weighted by Crippen LogP contribution is -2.23. The van der Waals surface area contributed by atoms with Gasteiger partial charge in [-0.15, -0.1) is 0 Å². The lowest BCUT2D eigenvalue weighted by Gasteiger charge is -2.14. The van der Waals surface area contributed by atoms with E-state index in [1.165, 1.54) is 0 Å². The summed E-state index contributed by atoms with van der Waals surface area (Å²) in [5.74, 6) is 0.819. The molecule has 0 aliphatic carbocycles. The molecule has 0 fully saturated rings. The number of carbonyl (C=O) groups excluding carboxylic acids is 1. The highest BCUT2D eigenvalue weighted by atomic mass is 35.5. The van der Waals surface area contributed by atoms with Gasteiger partial charge in [0.25, 0.3) is 11.5 Å². The molecule has 0 aliphatic heterocycles. The topological polar surface area (TPSA) is 73.2 Å². The van der Waals surface area contributed by atoms with Crippen LogP contribution in [0.4, 0.5) is 5.69 Å². The summed E-state index contributed by atoms with van der Waals surface area (Å²) in [6.07, 6.45) is 0. The third-order valence-electron chi connectivity index (χ3n) is 4.85. The number of carbonyl (C=O) groups is 1. The molecule has 0 aliphatic rings. The number of fused-ring (bicyclic) bond motifs is 1. The zero-order valence-electron chi connectivity index (χ0n) is 17.1. The molecule has 0 bridgehead atoms. The van der Waals surface area contributed by atoms with Gasteiger partial charge in [0.05, 0.1) is 16.6 Å². The molecule has 1 aromatic heterocycles. The highest BCUT2D eigenvalue weighted by Crippen LogP contribution is 2.21. The lowest BCUT2D eigenvalue weighted by atomic mass is 10.1. The Morgan fingerprint density at radius 2 is 1.87 bits per heavy atom. The number of anilines is 1. The number of nitrogens with one attached hydrogen (secondary N) is 1. The highest BCUT2D eigenvalue weighted by molar-refractivity contribution is 6.30. The molecule has 156 valence electrons. The van der Waals surface area contributed by atoms with Crippen molar-refractivity contribution in [2.75, 3.05) is 11.9 Å². The standard InChI is InChI=1S/C24H20ClN3O3/c1-15-12-18(28-16(2)26-22-9-4-3-8-20(22)24(28)30)10-11-21(15)27-23(29)14-31-19-7-5-6-17(25)13-19/h3-13H,14H2,1-2H3,(H,27,29). The molecule has 4 aromatic rings. The van der Waals surface area contributed by atoms with E-state index < -0.39 is 0 Å². The second-order valence-corrected chi connectivity index (χ2v) is 7.55. The van der Waals surface area contributed by atoms with E-state index in [4.69, 9.17) is 16.3 Å². The van der Waals surface area contributed by atoms with Crippen molar-refractivity contribution in [2.45, 2.75) is 13.8 Å². The molecule has 0 unspecified atom stereocenters. The number of rotatable bonds is 5. The van der Waals surface area contributed by atoms with Crippen molar-refractivity contribution < 1.29 is 9.53 Å². The van der Waals surface area contributed by atoms with Gasteiger partial charge < -0.3 is 10.1 Å². The Hall–Kier alpha value is -3.64. The molecule has 7 heteroatoms. The molecular weight excluding hydrogens is 414 g/mol. The maximum Gasteiger partial charge on any atom is 0.265 e. The minimum Gasteiger partial charge on any atom is -0.484 e. The van der Waals surface area contributed by atoms with Crippen LogP contribution in [-0.2, 0) is 4.79 Å². The summed E-state index contributed by atoms with van der Waals surface area (Å²) >= 11 is 5.92. The number of aromatic nitrogens is 2. The van der Waals surface area contributed by atoms with Crippen LogP contribution >= 0.6 is 11.6 Å². The summed E-state index contributed by atoms with van der Waals surface area (Å²) in [6.45, 7) is 3.52. The number of hydrogen-bond acceptors (Lipinski definition) is 4. The molecule has 1 N–H and O–H groups in total. The first kappa shape index (κ1) is 20.6. The first-order valence-corrected chi connectivity index (χ1v) is 10.1. The van der Waals surface area contributed by atoms with Gasteiger partial charge >= 0.3 is 0 Å². The SMILES string of the molecule is Cc1cc(-n2c(C)nc3ccccc3c2=O)ccc1NC(=O)COc1cccc(Cl)c1. The Bertz CT molecular complexity index is 1350. The number of ether oxygens (including phenoxy) is 1. The molecule has 0 radical (unpaired) electrons. The Morgan fingerprint density at radius 3 is 2.65 bits per heavy atom. The fourth-order valence-corrected chi connectivity index (χ4v) is 3.55. The minimum atomic E-state index is -0.295. The Labute approximate surface area is 184 Å². The van der Waals surface area contributed by atoms with Gasteiger partial charge in [0.15, 0.2) is 6.61 Å². The highest BCUT2D eigenvalue weighted by Gasteiger charge is 2.12. The third kappa shape index (κ3) is 4.44. The van der Waals surface area contributed by atoms with Crippen molar-refractivity contribution in [1.82, 2.24) is 9.55 Å². The predicted octanol–water partition coefficient (Wildman–Crippen LogP) is 4.67. The number of hydrogen-bond donors (Lipinski definition) is 1. The number of amides is 1. The van der Waals surface area contributed by atoms with Crippen LogP contribution < -0.4 is 15.6 Å². The number of para-hydroxylation sites is 1. The van der Waals surface area contributed by atoms with E-state index in [2.05, 4.69) is 10.3 Å². The summed E-state index contributed by atoms with van der Waals surface area (Å²) in [7, 11) is 0. The summed E-state index contributed by atoms with van der Waals surface area (Å²) < 4.78 is 7.05. The molecule has 0 spiro atoms. The molecule has 0 saturated heterocycles. The molecule has 1 heterocycles. The molecule has 1 amide bonds. The summed E-state index contributed by atoms with van der Waals surface area (Å²) in [6, 6.07) is 19.5. The van der Waals surface area contributed by atoms with Gasteiger partial charge in [-0.2, -0.15) is 0 Å². The normalized spacial score (nSPS) is 10.8. The third-order valence-corrected chi connectivity index (χ3v) is 5.09. The first-order valence-electron chi connectivity index (χ1n) is 9.70. The Morgan fingerprint density at radius 1 is 1.06 bits per heavy atom. The van der Waals surface area contributed by atoms with Crippen LogP contribution in [0.15, 0.2) is 71.5 Å². The summed E-state index contributed by atoms with van der Waals surface area (Å²) in [5.41, 5.74) is 2.68.